The third-order valence-corrected chi connectivity index (χ3v) is 7.18. The van der Waals surface area contributed by atoms with Gasteiger partial charge in [0.05, 0.1) is 44.1 Å². The van der Waals surface area contributed by atoms with Crippen LogP contribution in [0.5, 0.6) is 0 Å². The molecule has 0 saturated heterocycles. The van der Waals surface area contributed by atoms with E-state index in [1.807, 2.05) is 97.1 Å². The quantitative estimate of drug-likeness (QED) is 0.229. The van der Waals surface area contributed by atoms with Gasteiger partial charge in [0, 0.05) is 0 Å². The first-order valence-electron chi connectivity index (χ1n) is 12.9. The topological polar surface area (TPSA) is 103 Å². The highest BCUT2D eigenvalue weighted by molar-refractivity contribution is 6.01. The molecule has 184 valence electrons. The molecule has 8 heteroatoms. The van der Waals surface area contributed by atoms with Crippen molar-refractivity contribution >= 4 is 44.1 Å². The van der Waals surface area contributed by atoms with Gasteiger partial charge in [0.1, 0.15) is 45.6 Å². The molecule has 0 fully saturated rings. The van der Waals surface area contributed by atoms with Crippen molar-refractivity contribution in [1.82, 2.24) is 39.9 Å². The Morgan fingerprint density at radius 2 is 0.325 bits per heavy atom. The molecule has 4 heterocycles. The van der Waals surface area contributed by atoms with Crippen molar-refractivity contribution in [3.8, 4) is 45.6 Å². The summed E-state index contributed by atoms with van der Waals surface area (Å²) in [5.41, 5.74) is 10.7. The normalized spacial score (nSPS) is 12.0. The van der Waals surface area contributed by atoms with Gasteiger partial charge in [-0.1, -0.05) is 48.5 Å². The first-order valence-corrected chi connectivity index (χ1v) is 12.9. The second-order valence-electron chi connectivity index (χ2n) is 9.64. The maximum absolute atomic E-state index is 5.10. The van der Waals surface area contributed by atoms with E-state index >= 15 is 0 Å². The molecule has 0 saturated carbocycles. The van der Waals surface area contributed by atoms with Gasteiger partial charge >= 0.3 is 0 Å². The van der Waals surface area contributed by atoms with Crippen LogP contribution in [0.2, 0.25) is 0 Å². The van der Waals surface area contributed by atoms with Crippen LogP contribution in [-0.2, 0) is 0 Å². The van der Waals surface area contributed by atoms with Crippen LogP contribution in [0.15, 0.2) is 97.1 Å². The summed E-state index contributed by atoms with van der Waals surface area (Å²) in [6.07, 6.45) is 0. The summed E-state index contributed by atoms with van der Waals surface area (Å²) in [6, 6.07) is 31.2. The molecule has 0 amide bonds. The van der Waals surface area contributed by atoms with Gasteiger partial charge in [0.25, 0.3) is 0 Å². The lowest BCUT2D eigenvalue weighted by Crippen LogP contribution is -2.09. The molecule has 0 radical (unpaired) electrons. The van der Waals surface area contributed by atoms with Gasteiger partial charge in [-0.3, -0.25) is 0 Å². The van der Waals surface area contributed by atoms with Crippen LogP contribution < -0.4 is 0 Å². The highest BCUT2D eigenvalue weighted by Gasteiger charge is 2.31. The number of rotatable bonds is 0. The SMILES string of the molecule is c1ccc2nc3c(nc2c1)-c1nc2ccccc2nc1-c1nc2ccccc2nc1-c1nc2ccccc2nc1-3. The Morgan fingerprint density at radius 1 is 0.200 bits per heavy atom. The van der Waals surface area contributed by atoms with Crippen molar-refractivity contribution in [2.24, 2.45) is 0 Å². The molecule has 0 N–H and O–H groups in total. The van der Waals surface area contributed by atoms with E-state index in [4.69, 9.17) is 39.9 Å². The van der Waals surface area contributed by atoms with Gasteiger partial charge in [-0.05, 0) is 48.5 Å². The molecule has 4 aromatic carbocycles. The molecule has 4 aromatic heterocycles. The maximum Gasteiger partial charge on any atom is 0.120 e. The van der Waals surface area contributed by atoms with Crippen molar-refractivity contribution < 1.29 is 0 Å². The van der Waals surface area contributed by atoms with E-state index in [0.717, 1.165) is 44.1 Å². The first kappa shape index (κ1) is 21.2. The van der Waals surface area contributed by atoms with Crippen LogP contribution in [0.1, 0.15) is 0 Å². The lowest BCUT2D eigenvalue weighted by Gasteiger charge is -2.20. The Bertz CT molecular complexity index is 1820. The molecule has 1 aliphatic rings. The number of fused-ring (bicyclic) bond motifs is 12. The highest BCUT2D eigenvalue weighted by atomic mass is 15.0. The average molecular weight is 513 g/mol. The first-order chi connectivity index (χ1) is 19.8. The van der Waals surface area contributed by atoms with Gasteiger partial charge in [-0.25, -0.2) is 39.9 Å². The van der Waals surface area contributed by atoms with Gasteiger partial charge in [-0.15, -0.1) is 0 Å². The molecule has 40 heavy (non-hydrogen) atoms. The predicted molar refractivity (Wildman–Crippen MR) is 154 cm³/mol. The number of para-hydroxylation sites is 8. The van der Waals surface area contributed by atoms with Crippen LogP contribution in [0, 0.1) is 0 Å². The lowest BCUT2D eigenvalue weighted by atomic mass is 9.98. The molecule has 9 rings (SSSR count). The number of hydrogen-bond donors (Lipinski definition) is 0. The van der Waals surface area contributed by atoms with E-state index in [9.17, 15) is 0 Å². The van der Waals surface area contributed by atoms with E-state index < -0.39 is 0 Å². The second kappa shape index (κ2) is 7.87. The van der Waals surface area contributed by atoms with Crippen LogP contribution in [0.4, 0.5) is 0 Å². The van der Waals surface area contributed by atoms with E-state index in [1.165, 1.54) is 0 Å². The Kier molecular flexibility index (Phi) is 4.17. The molecule has 1 aliphatic carbocycles. The van der Waals surface area contributed by atoms with E-state index in [2.05, 4.69) is 0 Å². The molecule has 8 aromatic rings. The zero-order valence-electron chi connectivity index (χ0n) is 20.8. The summed E-state index contributed by atoms with van der Waals surface area (Å²) in [7, 11) is 0. The molecule has 0 bridgehead atoms. The Balaban J connectivity index is 1.54. The van der Waals surface area contributed by atoms with Crippen molar-refractivity contribution in [3.63, 3.8) is 0 Å². The molecule has 0 spiro atoms. The monoisotopic (exact) mass is 512 g/mol. The predicted octanol–water partition coefficient (Wildman–Crippen LogP) is 6.44. The Morgan fingerprint density at radius 3 is 0.450 bits per heavy atom. The summed E-state index contributed by atoms with van der Waals surface area (Å²) < 4.78 is 0. The minimum absolute atomic E-state index is 0.582. The maximum atomic E-state index is 5.10. The van der Waals surface area contributed by atoms with Crippen molar-refractivity contribution in [2.45, 2.75) is 0 Å². The van der Waals surface area contributed by atoms with Gasteiger partial charge in [-0.2, -0.15) is 0 Å². The third-order valence-electron chi connectivity index (χ3n) is 7.18. The van der Waals surface area contributed by atoms with Crippen molar-refractivity contribution in [1.29, 1.82) is 0 Å². The molecule has 0 unspecified atom stereocenters. The van der Waals surface area contributed by atoms with Gasteiger partial charge in [0.15, 0.2) is 0 Å². The highest BCUT2D eigenvalue weighted by Crippen LogP contribution is 2.44. The number of benzene rings is 4. The Hall–Kier alpha value is -5.76. The molecule has 8 nitrogen and oxygen atoms in total. The average Bonchev–Trinajstić information content (AvgIpc) is 3.02. The smallest absolute Gasteiger partial charge is 0.120 e. The van der Waals surface area contributed by atoms with Gasteiger partial charge < -0.3 is 0 Å². The molecular weight excluding hydrogens is 496 g/mol. The summed E-state index contributed by atoms with van der Waals surface area (Å²) in [4.78, 5) is 40.8. The number of nitrogens with zero attached hydrogens (tertiary/aromatic N) is 8. The zero-order chi connectivity index (χ0) is 26.2. The Labute approximate surface area is 226 Å². The largest absolute Gasteiger partial charge is 0.242 e. The van der Waals surface area contributed by atoms with Crippen LogP contribution in [0.3, 0.4) is 0 Å². The molecular formula is C32H16N8. The van der Waals surface area contributed by atoms with E-state index in [1.54, 1.807) is 0 Å². The summed E-state index contributed by atoms with van der Waals surface area (Å²) in [5.74, 6) is 0. The van der Waals surface area contributed by atoms with E-state index in [-0.39, 0.29) is 0 Å². The fourth-order valence-electron chi connectivity index (χ4n) is 5.32. The summed E-state index contributed by atoms with van der Waals surface area (Å²) in [6.45, 7) is 0. The third kappa shape index (κ3) is 3.01. The van der Waals surface area contributed by atoms with Crippen molar-refractivity contribution in [3.05, 3.63) is 97.1 Å². The van der Waals surface area contributed by atoms with E-state index in [0.29, 0.717) is 45.6 Å². The number of aromatic nitrogens is 8. The van der Waals surface area contributed by atoms with Gasteiger partial charge in [0.2, 0.25) is 0 Å². The van der Waals surface area contributed by atoms with Crippen molar-refractivity contribution in [2.75, 3.05) is 0 Å². The minimum Gasteiger partial charge on any atom is -0.242 e. The summed E-state index contributed by atoms with van der Waals surface area (Å²) >= 11 is 0. The van der Waals surface area contributed by atoms with Crippen LogP contribution >= 0.6 is 0 Å². The number of hydrogen-bond acceptors (Lipinski definition) is 8. The second-order valence-corrected chi connectivity index (χ2v) is 9.64. The van der Waals surface area contributed by atoms with Crippen LogP contribution in [0.25, 0.3) is 89.7 Å². The fourth-order valence-corrected chi connectivity index (χ4v) is 5.32. The minimum atomic E-state index is 0.582. The lowest BCUT2D eigenvalue weighted by molar-refractivity contribution is 1.15. The molecule has 0 atom stereocenters. The standard InChI is InChI=1S/C32H16N8/c1-2-10-18-17(9-1)33-25-26(34-18)28-30(38-22-14-6-5-13-21(22)36-28)32-31(39-23-15-7-8-16-24(23)40-32)29-27(25)35-19-11-3-4-12-20(19)37-29/h1-16H. The fraction of sp³-hybridized carbons (Fsp3) is 0. The zero-order valence-corrected chi connectivity index (χ0v) is 20.8. The van der Waals surface area contributed by atoms with Crippen LogP contribution in [-0.4, -0.2) is 39.9 Å². The molecule has 0 aliphatic heterocycles. The summed E-state index contributed by atoms with van der Waals surface area (Å²) in [5, 5.41) is 0.